The van der Waals surface area contributed by atoms with Crippen LogP contribution in [0.2, 0.25) is 5.02 Å². The topological polar surface area (TPSA) is 50.5 Å². The van der Waals surface area contributed by atoms with Gasteiger partial charge in [-0.15, -0.1) is 11.3 Å². The van der Waals surface area contributed by atoms with E-state index in [4.69, 9.17) is 11.6 Å². The molecule has 4 heterocycles. The van der Waals surface area contributed by atoms with Crippen molar-refractivity contribution in [3.63, 3.8) is 0 Å². The fraction of sp³-hybridized carbons (Fsp3) is 0.267. The number of nitrogens with zero attached hydrogens (tertiary/aromatic N) is 4. The lowest BCUT2D eigenvalue weighted by Gasteiger charge is -2.32. The second kappa shape index (κ2) is 5.07. The Balaban J connectivity index is 1.68. The highest BCUT2D eigenvalue weighted by Crippen LogP contribution is 2.28. The van der Waals surface area contributed by atoms with Crippen LogP contribution in [-0.4, -0.2) is 31.4 Å². The molecule has 0 saturated heterocycles. The van der Waals surface area contributed by atoms with Crippen LogP contribution in [0, 0.1) is 0 Å². The number of thiophene rings is 1. The molecule has 0 aromatic carbocycles. The van der Waals surface area contributed by atoms with Crippen LogP contribution in [0.3, 0.4) is 0 Å². The lowest BCUT2D eigenvalue weighted by Crippen LogP contribution is -2.42. The molecular formula is C15H13ClN4OS. The van der Waals surface area contributed by atoms with Gasteiger partial charge < -0.3 is 4.90 Å². The summed E-state index contributed by atoms with van der Waals surface area (Å²) >= 11 is 7.67. The zero-order valence-corrected chi connectivity index (χ0v) is 13.4. The monoisotopic (exact) mass is 332 g/mol. The Hall–Kier alpha value is -1.92. The number of hydrogen-bond acceptors (Lipinski definition) is 4. The van der Waals surface area contributed by atoms with E-state index in [0.29, 0.717) is 22.9 Å². The van der Waals surface area contributed by atoms with Crippen LogP contribution in [0.15, 0.2) is 29.9 Å². The van der Waals surface area contributed by atoms with Gasteiger partial charge in [0.05, 0.1) is 11.2 Å². The van der Waals surface area contributed by atoms with E-state index in [1.54, 1.807) is 34.3 Å². The summed E-state index contributed by atoms with van der Waals surface area (Å²) in [6, 6.07) is 3.96. The Bertz CT molecular complexity index is 871. The molecule has 1 amide bonds. The second-order valence-electron chi connectivity index (χ2n) is 5.46. The molecule has 3 aromatic rings. The molecule has 7 heteroatoms. The predicted octanol–water partition coefficient (Wildman–Crippen LogP) is 3.03. The molecule has 4 rings (SSSR count). The summed E-state index contributed by atoms with van der Waals surface area (Å²) in [5.41, 5.74) is 2.26. The standard InChI is InChI=1S/C15H13ClN4OS/c1-9-4-13-10(2-3-22-13)7-19(9)15(21)12-5-14-17-6-11(16)8-20(14)18-12/h2-3,5-6,8-9H,4,7H2,1H3. The number of hydrogen-bond donors (Lipinski definition) is 0. The summed E-state index contributed by atoms with van der Waals surface area (Å²) < 4.78 is 1.54. The van der Waals surface area contributed by atoms with Crippen LogP contribution >= 0.6 is 22.9 Å². The molecule has 112 valence electrons. The first kappa shape index (κ1) is 13.7. The van der Waals surface area contributed by atoms with Crippen molar-refractivity contribution in [2.24, 2.45) is 0 Å². The third kappa shape index (κ3) is 2.19. The zero-order chi connectivity index (χ0) is 15.3. The van der Waals surface area contributed by atoms with Gasteiger partial charge in [0.25, 0.3) is 5.91 Å². The number of carbonyl (C=O) groups is 1. The number of rotatable bonds is 1. The fourth-order valence-electron chi connectivity index (χ4n) is 2.78. The van der Waals surface area contributed by atoms with E-state index in [9.17, 15) is 4.79 Å². The Morgan fingerprint density at radius 1 is 1.50 bits per heavy atom. The average molecular weight is 333 g/mol. The van der Waals surface area contributed by atoms with E-state index in [2.05, 4.69) is 28.5 Å². The van der Waals surface area contributed by atoms with Gasteiger partial charge in [-0.1, -0.05) is 11.6 Å². The zero-order valence-electron chi connectivity index (χ0n) is 11.9. The normalized spacial score (nSPS) is 17.7. The van der Waals surface area contributed by atoms with Crippen LogP contribution in [-0.2, 0) is 13.0 Å². The Kier molecular flexibility index (Phi) is 3.16. The van der Waals surface area contributed by atoms with Gasteiger partial charge in [0.15, 0.2) is 11.3 Å². The highest BCUT2D eigenvalue weighted by atomic mass is 35.5. The van der Waals surface area contributed by atoms with Crippen molar-refractivity contribution >= 4 is 34.5 Å². The number of carbonyl (C=O) groups excluding carboxylic acids is 1. The summed E-state index contributed by atoms with van der Waals surface area (Å²) in [5.74, 6) is -0.0639. The fourth-order valence-corrected chi connectivity index (χ4v) is 3.94. The van der Waals surface area contributed by atoms with Crippen molar-refractivity contribution in [1.29, 1.82) is 0 Å². The SMILES string of the molecule is CC1Cc2sccc2CN1C(=O)c1cc2ncc(Cl)cn2n1. The number of aromatic nitrogens is 3. The Morgan fingerprint density at radius 3 is 3.23 bits per heavy atom. The number of fused-ring (bicyclic) bond motifs is 2. The molecule has 0 N–H and O–H groups in total. The van der Waals surface area contributed by atoms with Crippen molar-refractivity contribution < 1.29 is 4.79 Å². The van der Waals surface area contributed by atoms with Crippen molar-refractivity contribution in [3.05, 3.63) is 51.1 Å². The highest BCUT2D eigenvalue weighted by molar-refractivity contribution is 7.10. The molecule has 1 unspecified atom stereocenters. The minimum absolute atomic E-state index is 0.0639. The van der Waals surface area contributed by atoms with Crippen molar-refractivity contribution in [2.45, 2.75) is 25.9 Å². The maximum absolute atomic E-state index is 12.8. The van der Waals surface area contributed by atoms with Gasteiger partial charge in [0.1, 0.15) is 0 Å². The lowest BCUT2D eigenvalue weighted by molar-refractivity contribution is 0.0653. The van der Waals surface area contributed by atoms with E-state index in [0.717, 1.165) is 6.42 Å². The van der Waals surface area contributed by atoms with Crippen LogP contribution in [0.1, 0.15) is 27.9 Å². The maximum Gasteiger partial charge on any atom is 0.275 e. The van der Waals surface area contributed by atoms with Crippen LogP contribution in [0.25, 0.3) is 5.65 Å². The van der Waals surface area contributed by atoms with Crippen molar-refractivity contribution in [2.75, 3.05) is 0 Å². The smallest absolute Gasteiger partial charge is 0.275 e. The number of amides is 1. The minimum atomic E-state index is -0.0639. The van der Waals surface area contributed by atoms with E-state index in [1.807, 2.05) is 4.90 Å². The first-order valence-electron chi connectivity index (χ1n) is 6.99. The van der Waals surface area contributed by atoms with Crippen LogP contribution < -0.4 is 0 Å². The van der Waals surface area contributed by atoms with E-state index in [1.165, 1.54) is 10.4 Å². The average Bonchev–Trinajstić information content (AvgIpc) is 3.10. The largest absolute Gasteiger partial charge is 0.330 e. The summed E-state index contributed by atoms with van der Waals surface area (Å²) in [4.78, 5) is 20.2. The summed E-state index contributed by atoms with van der Waals surface area (Å²) in [5, 5.41) is 6.88. The summed E-state index contributed by atoms with van der Waals surface area (Å²) in [7, 11) is 0. The number of halogens is 1. The quantitative estimate of drug-likeness (QED) is 0.688. The molecule has 0 spiro atoms. The Morgan fingerprint density at radius 2 is 2.36 bits per heavy atom. The molecule has 1 atom stereocenters. The van der Waals surface area contributed by atoms with Gasteiger partial charge in [-0.25, -0.2) is 9.50 Å². The van der Waals surface area contributed by atoms with Gasteiger partial charge in [0.2, 0.25) is 0 Å². The van der Waals surface area contributed by atoms with Gasteiger partial charge in [-0.05, 0) is 23.9 Å². The predicted molar refractivity (Wildman–Crippen MR) is 85.4 cm³/mol. The van der Waals surface area contributed by atoms with Crippen molar-refractivity contribution in [3.8, 4) is 0 Å². The summed E-state index contributed by atoms with van der Waals surface area (Å²) in [6.07, 6.45) is 4.10. The van der Waals surface area contributed by atoms with Gasteiger partial charge in [0, 0.05) is 36.1 Å². The molecule has 0 fully saturated rings. The highest BCUT2D eigenvalue weighted by Gasteiger charge is 2.29. The molecule has 0 radical (unpaired) electrons. The minimum Gasteiger partial charge on any atom is -0.330 e. The molecule has 22 heavy (non-hydrogen) atoms. The van der Waals surface area contributed by atoms with Gasteiger partial charge >= 0.3 is 0 Å². The van der Waals surface area contributed by atoms with Crippen molar-refractivity contribution in [1.82, 2.24) is 19.5 Å². The van der Waals surface area contributed by atoms with E-state index < -0.39 is 0 Å². The lowest BCUT2D eigenvalue weighted by atomic mass is 10.0. The molecule has 5 nitrogen and oxygen atoms in total. The third-order valence-corrected chi connectivity index (χ3v) is 5.13. The first-order valence-corrected chi connectivity index (χ1v) is 8.25. The molecule has 0 bridgehead atoms. The van der Waals surface area contributed by atoms with Gasteiger partial charge in [-0.2, -0.15) is 5.10 Å². The van der Waals surface area contributed by atoms with Crippen LogP contribution in [0.4, 0.5) is 0 Å². The molecule has 0 aliphatic carbocycles. The Labute approximate surface area is 136 Å². The molecule has 1 aliphatic rings. The third-order valence-electron chi connectivity index (χ3n) is 3.95. The first-order chi connectivity index (χ1) is 10.6. The van der Waals surface area contributed by atoms with Crippen LogP contribution in [0.5, 0.6) is 0 Å². The van der Waals surface area contributed by atoms with Gasteiger partial charge in [-0.3, -0.25) is 4.79 Å². The summed E-state index contributed by atoms with van der Waals surface area (Å²) in [6.45, 7) is 2.71. The molecular weight excluding hydrogens is 320 g/mol. The maximum atomic E-state index is 12.8. The second-order valence-corrected chi connectivity index (χ2v) is 6.90. The van der Waals surface area contributed by atoms with E-state index in [-0.39, 0.29) is 11.9 Å². The van der Waals surface area contributed by atoms with E-state index >= 15 is 0 Å². The molecule has 1 aliphatic heterocycles. The molecule has 0 saturated carbocycles. The molecule has 3 aromatic heterocycles.